The van der Waals surface area contributed by atoms with Crippen LogP contribution in [0.2, 0.25) is 0 Å². The molecule has 0 aromatic carbocycles. The molecular weight excluding hydrogens is 236 g/mol. The maximum atomic E-state index is 4.44. The molecule has 0 atom stereocenters. The van der Waals surface area contributed by atoms with Crippen molar-refractivity contribution in [2.24, 2.45) is 0 Å². The Hall–Kier alpha value is -1.16. The van der Waals surface area contributed by atoms with Gasteiger partial charge in [0.1, 0.15) is 12.1 Å². The van der Waals surface area contributed by atoms with Gasteiger partial charge >= 0.3 is 0 Å². The SMILES string of the molecule is CCCc1cc(N(C)C2CCC(NC)CC2)ncn1. The molecule has 1 saturated carbocycles. The highest BCUT2D eigenvalue weighted by Gasteiger charge is 2.23. The average molecular weight is 262 g/mol. The summed E-state index contributed by atoms with van der Waals surface area (Å²) in [5.41, 5.74) is 1.16. The van der Waals surface area contributed by atoms with Gasteiger partial charge in [-0.2, -0.15) is 0 Å². The van der Waals surface area contributed by atoms with E-state index in [1.807, 2.05) is 0 Å². The minimum Gasteiger partial charge on any atom is -0.357 e. The number of nitrogens with one attached hydrogen (secondary N) is 1. The van der Waals surface area contributed by atoms with Gasteiger partial charge in [-0.05, 0) is 39.2 Å². The zero-order chi connectivity index (χ0) is 13.7. The van der Waals surface area contributed by atoms with Crippen LogP contribution < -0.4 is 10.2 Å². The summed E-state index contributed by atoms with van der Waals surface area (Å²) in [4.78, 5) is 11.1. The van der Waals surface area contributed by atoms with Crippen LogP contribution in [0.5, 0.6) is 0 Å². The molecule has 1 aliphatic rings. The number of hydrogen-bond acceptors (Lipinski definition) is 4. The number of hydrogen-bond donors (Lipinski definition) is 1. The second-order valence-electron chi connectivity index (χ2n) is 5.52. The highest BCUT2D eigenvalue weighted by molar-refractivity contribution is 5.39. The summed E-state index contributed by atoms with van der Waals surface area (Å²) < 4.78 is 0. The zero-order valence-electron chi connectivity index (χ0n) is 12.4. The largest absolute Gasteiger partial charge is 0.357 e. The van der Waals surface area contributed by atoms with Gasteiger partial charge in [0.2, 0.25) is 0 Å². The predicted octanol–water partition coefficient (Wildman–Crippen LogP) is 2.40. The first-order valence-corrected chi connectivity index (χ1v) is 7.45. The van der Waals surface area contributed by atoms with Crippen molar-refractivity contribution in [1.82, 2.24) is 15.3 Å². The molecule has 0 amide bonds. The van der Waals surface area contributed by atoms with Gasteiger partial charge in [0.05, 0.1) is 0 Å². The van der Waals surface area contributed by atoms with Gasteiger partial charge in [0, 0.05) is 30.9 Å². The second-order valence-corrected chi connectivity index (χ2v) is 5.52. The number of aryl methyl sites for hydroxylation is 1. The zero-order valence-corrected chi connectivity index (χ0v) is 12.4. The first kappa shape index (κ1) is 14.3. The fourth-order valence-corrected chi connectivity index (χ4v) is 2.91. The first-order valence-electron chi connectivity index (χ1n) is 7.45. The Bertz CT molecular complexity index is 385. The third-order valence-electron chi connectivity index (χ3n) is 4.23. The topological polar surface area (TPSA) is 41.0 Å². The molecule has 1 aliphatic carbocycles. The minimum absolute atomic E-state index is 0.619. The number of nitrogens with zero attached hydrogens (tertiary/aromatic N) is 3. The Labute approximate surface area is 116 Å². The van der Waals surface area contributed by atoms with Crippen molar-refractivity contribution in [2.75, 3.05) is 19.0 Å². The Morgan fingerprint density at radius 3 is 2.63 bits per heavy atom. The van der Waals surface area contributed by atoms with E-state index in [0.717, 1.165) is 24.4 Å². The summed E-state index contributed by atoms with van der Waals surface area (Å²) >= 11 is 0. The van der Waals surface area contributed by atoms with Crippen LogP contribution in [-0.4, -0.2) is 36.1 Å². The van der Waals surface area contributed by atoms with E-state index in [4.69, 9.17) is 0 Å². The number of rotatable bonds is 5. The molecular formula is C15H26N4. The van der Waals surface area contributed by atoms with E-state index in [-0.39, 0.29) is 0 Å². The van der Waals surface area contributed by atoms with Crippen LogP contribution >= 0.6 is 0 Å². The van der Waals surface area contributed by atoms with Crippen LogP contribution in [0, 0.1) is 0 Å². The Morgan fingerprint density at radius 1 is 1.26 bits per heavy atom. The average Bonchev–Trinajstić information content (AvgIpc) is 2.47. The smallest absolute Gasteiger partial charge is 0.132 e. The summed E-state index contributed by atoms with van der Waals surface area (Å²) in [6, 6.07) is 3.47. The van der Waals surface area contributed by atoms with Gasteiger partial charge in [-0.25, -0.2) is 9.97 Å². The van der Waals surface area contributed by atoms with Gasteiger partial charge in [0.15, 0.2) is 0 Å². The minimum atomic E-state index is 0.619. The Balaban J connectivity index is 1.99. The molecule has 1 fully saturated rings. The van der Waals surface area contributed by atoms with Crippen molar-refractivity contribution in [3.8, 4) is 0 Å². The molecule has 0 spiro atoms. The molecule has 2 rings (SSSR count). The van der Waals surface area contributed by atoms with Crippen molar-refractivity contribution < 1.29 is 0 Å². The highest BCUT2D eigenvalue weighted by Crippen LogP contribution is 2.25. The number of anilines is 1. The fraction of sp³-hybridized carbons (Fsp3) is 0.733. The summed E-state index contributed by atoms with van der Waals surface area (Å²) in [5, 5.41) is 3.38. The molecule has 19 heavy (non-hydrogen) atoms. The summed E-state index contributed by atoms with van der Waals surface area (Å²) in [5.74, 6) is 1.08. The van der Waals surface area contributed by atoms with Gasteiger partial charge in [-0.1, -0.05) is 13.3 Å². The molecule has 0 unspecified atom stereocenters. The molecule has 1 aromatic heterocycles. The molecule has 0 saturated heterocycles. The van der Waals surface area contributed by atoms with E-state index < -0.39 is 0 Å². The van der Waals surface area contributed by atoms with E-state index in [2.05, 4.69) is 47.3 Å². The molecule has 1 aromatic rings. The van der Waals surface area contributed by atoms with Crippen molar-refractivity contribution in [3.05, 3.63) is 18.1 Å². The van der Waals surface area contributed by atoms with Crippen molar-refractivity contribution in [1.29, 1.82) is 0 Å². The number of aromatic nitrogens is 2. The van der Waals surface area contributed by atoms with Gasteiger partial charge in [-0.3, -0.25) is 0 Å². The lowest BCUT2D eigenvalue weighted by atomic mass is 9.90. The summed E-state index contributed by atoms with van der Waals surface area (Å²) in [6.45, 7) is 2.19. The molecule has 0 radical (unpaired) electrons. The van der Waals surface area contributed by atoms with E-state index in [0.29, 0.717) is 12.1 Å². The Kier molecular flexibility index (Phi) is 5.14. The lowest BCUT2D eigenvalue weighted by molar-refractivity contribution is 0.350. The molecule has 1 N–H and O–H groups in total. The van der Waals surface area contributed by atoms with Crippen molar-refractivity contribution in [3.63, 3.8) is 0 Å². The van der Waals surface area contributed by atoms with E-state index in [1.54, 1.807) is 6.33 Å². The third-order valence-corrected chi connectivity index (χ3v) is 4.23. The maximum absolute atomic E-state index is 4.44. The molecule has 0 bridgehead atoms. The monoisotopic (exact) mass is 262 g/mol. The predicted molar refractivity (Wildman–Crippen MR) is 79.5 cm³/mol. The van der Waals surface area contributed by atoms with Crippen LogP contribution in [0.4, 0.5) is 5.82 Å². The Morgan fingerprint density at radius 2 is 2.00 bits per heavy atom. The van der Waals surface area contributed by atoms with Crippen molar-refractivity contribution >= 4 is 5.82 Å². The van der Waals surface area contributed by atoms with Crippen molar-refractivity contribution in [2.45, 2.75) is 57.5 Å². The van der Waals surface area contributed by atoms with E-state index >= 15 is 0 Å². The summed E-state index contributed by atoms with van der Waals surface area (Å²) in [6.07, 6.45) is 8.89. The molecule has 1 heterocycles. The lowest BCUT2D eigenvalue weighted by Crippen LogP contribution is -2.40. The van der Waals surface area contributed by atoms with E-state index in [9.17, 15) is 0 Å². The molecule has 106 valence electrons. The van der Waals surface area contributed by atoms with Crippen LogP contribution in [0.15, 0.2) is 12.4 Å². The van der Waals surface area contributed by atoms with Crippen LogP contribution in [0.25, 0.3) is 0 Å². The van der Waals surface area contributed by atoms with Crippen LogP contribution in [0.1, 0.15) is 44.7 Å². The maximum Gasteiger partial charge on any atom is 0.132 e. The molecule has 0 aliphatic heterocycles. The van der Waals surface area contributed by atoms with E-state index in [1.165, 1.54) is 25.7 Å². The first-order chi connectivity index (χ1) is 9.24. The summed E-state index contributed by atoms with van der Waals surface area (Å²) in [7, 11) is 4.23. The van der Waals surface area contributed by atoms with Crippen LogP contribution in [-0.2, 0) is 6.42 Å². The van der Waals surface area contributed by atoms with Gasteiger partial charge in [-0.15, -0.1) is 0 Å². The standard InChI is InChI=1S/C15H26N4/c1-4-5-13-10-15(18-11-17-13)19(3)14-8-6-12(16-2)7-9-14/h10-12,14,16H,4-9H2,1-3H3. The lowest BCUT2D eigenvalue weighted by Gasteiger charge is -2.35. The highest BCUT2D eigenvalue weighted by atomic mass is 15.2. The normalized spacial score (nSPS) is 23.3. The molecule has 4 heteroatoms. The second kappa shape index (κ2) is 6.85. The quantitative estimate of drug-likeness (QED) is 0.884. The third kappa shape index (κ3) is 3.66. The molecule has 4 nitrogen and oxygen atoms in total. The van der Waals surface area contributed by atoms with Gasteiger partial charge < -0.3 is 10.2 Å². The fourth-order valence-electron chi connectivity index (χ4n) is 2.91. The van der Waals surface area contributed by atoms with Gasteiger partial charge in [0.25, 0.3) is 0 Å². The van der Waals surface area contributed by atoms with Crippen LogP contribution in [0.3, 0.4) is 0 Å².